The van der Waals surface area contributed by atoms with Gasteiger partial charge in [0.05, 0.1) is 10.6 Å². The SMILES string of the molecule is O=S(c1ccccc1Nc1ccccc1)C(F)(F)F. The van der Waals surface area contributed by atoms with Gasteiger partial charge in [-0.2, -0.15) is 13.2 Å². The molecule has 100 valence electrons. The van der Waals surface area contributed by atoms with Crippen molar-refractivity contribution >= 4 is 22.2 Å². The Hall–Kier alpha value is -1.82. The first-order valence-electron chi connectivity index (χ1n) is 5.38. The molecule has 1 unspecified atom stereocenters. The van der Waals surface area contributed by atoms with Gasteiger partial charge in [-0.15, -0.1) is 0 Å². The zero-order chi connectivity index (χ0) is 13.9. The Bertz CT molecular complexity index is 584. The van der Waals surface area contributed by atoms with Crippen LogP contribution in [0.4, 0.5) is 24.5 Å². The van der Waals surface area contributed by atoms with Crippen LogP contribution in [0.3, 0.4) is 0 Å². The van der Waals surface area contributed by atoms with E-state index in [2.05, 4.69) is 5.32 Å². The molecule has 0 heterocycles. The van der Waals surface area contributed by atoms with Crippen molar-refractivity contribution in [2.24, 2.45) is 0 Å². The van der Waals surface area contributed by atoms with Crippen molar-refractivity contribution in [1.82, 2.24) is 0 Å². The number of anilines is 2. The summed E-state index contributed by atoms with van der Waals surface area (Å²) < 4.78 is 49.0. The van der Waals surface area contributed by atoms with Crippen molar-refractivity contribution in [1.29, 1.82) is 0 Å². The molecular formula is C13H10F3NOS. The van der Waals surface area contributed by atoms with Gasteiger partial charge >= 0.3 is 5.51 Å². The van der Waals surface area contributed by atoms with Crippen molar-refractivity contribution < 1.29 is 17.4 Å². The predicted octanol–water partition coefficient (Wildman–Crippen LogP) is 4.06. The van der Waals surface area contributed by atoms with Crippen LogP contribution in [-0.2, 0) is 10.8 Å². The fraction of sp³-hybridized carbons (Fsp3) is 0.0769. The maximum Gasteiger partial charge on any atom is 0.475 e. The lowest BCUT2D eigenvalue weighted by Crippen LogP contribution is -2.17. The molecule has 2 nitrogen and oxygen atoms in total. The summed E-state index contributed by atoms with van der Waals surface area (Å²) in [5.41, 5.74) is -3.95. The number of hydrogen-bond donors (Lipinski definition) is 1. The van der Waals surface area contributed by atoms with E-state index >= 15 is 0 Å². The van der Waals surface area contributed by atoms with Gasteiger partial charge in [0.25, 0.3) is 0 Å². The highest BCUT2D eigenvalue weighted by Gasteiger charge is 2.39. The molecule has 2 aromatic rings. The van der Waals surface area contributed by atoms with Gasteiger partial charge in [-0.25, -0.2) is 4.21 Å². The van der Waals surface area contributed by atoms with E-state index in [1.165, 1.54) is 18.2 Å². The lowest BCUT2D eigenvalue weighted by atomic mass is 10.3. The third-order valence-corrected chi connectivity index (χ3v) is 3.53. The molecule has 6 heteroatoms. The Morgan fingerprint density at radius 3 is 2.11 bits per heavy atom. The first kappa shape index (κ1) is 13.6. The largest absolute Gasteiger partial charge is 0.475 e. The van der Waals surface area contributed by atoms with E-state index in [1.807, 2.05) is 0 Å². The molecule has 0 spiro atoms. The Kier molecular flexibility index (Phi) is 3.90. The van der Waals surface area contributed by atoms with Crippen molar-refractivity contribution in [3.63, 3.8) is 0 Å². The number of nitrogens with one attached hydrogen (secondary N) is 1. The summed E-state index contributed by atoms with van der Waals surface area (Å²) in [6.07, 6.45) is 0. The summed E-state index contributed by atoms with van der Waals surface area (Å²) in [7, 11) is -3.05. The predicted molar refractivity (Wildman–Crippen MR) is 68.6 cm³/mol. The van der Waals surface area contributed by atoms with E-state index in [0.29, 0.717) is 5.69 Å². The van der Waals surface area contributed by atoms with Crippen LogP contribution in [-0.4, -0.2) is 9.72 Å². The minimum absolute atomic E-state index is 0.185. The molecule has 0 radical (unpaired) electrons. The first-order chi connectivity index (χ1) is 8.98. The second-order valence-corrected chi connectivity index (χ2v) is 5.14. The molecule has 0 aliphatic carbocycles. The van der Waals surface area contributed by atoms with Gasteiger partial charge < -0.3 is 5.32 Å². The van der Waals surface area contributed by atoms with Gasteiger partial charge in [-0.05, 0) is 24.3 Å². The van der Waals surface area contributed by atoms with Crippen molar-refractivity contribution in [2.45, 2.75) is 10.4 Å². The van der Waals surface area contributed by atoms with E-state index < -0.39 is 16.3 Å². The molecule has 2 rings (SSSR count). The fourth-order valence-electron chi connectivity index (χ4n) is 1.53. The van der Waals surface area contributed by atoms with Gasteiger partial charge in [0.1, 0.15) is 0 Å². The molecular weight excluding hydrogens is 275 g/mol. The number of para-hydroxylation sites is 2. The van der Waals surface area contributed by atoms with Gasteiger partial charge in [0.15, 0.2) is 10.8 Å². The zero-order valence-corrected chi connectivity index (χ0v) is 10.5. The molecule has 0 saturated carbocycles. The van der Waals surface area contributed by atoms with Crippen molar-refractivity contribution in [3.05, 3.63) is 54.6 Å². The molecule has 0 saturated heterocycles. The lowest BCUT2D eigenvalue weighted by Gasteiger charge is -2.13. The Morgan fingerprint density at radius 2 is 1.47 bits per heavy atom. The third kappa shape index (κ3) is 3.35. The summed E-state index contributed by atoms with van der Waals surface area (Å²) in [6, 6.07) is 14.4. The Labute approximate surface area is 110 Å². The minimum Gasteiger partial charge on any atom is -0.355 e. The van der Waals surface area contributed by atoms with Crippen LogP contribution in [0.25, 0.3) is 0 Å². The summed E-state index contributed by atoms with van der Waals surface area (Å²) in [5.74, 6) is 0. The highest BCUT2D eigenvalue weighted by atomic mass is 32.2. The fourth-order valence-corrected chi connectivity index (χ4v) is 2.30. The summed E-state index contributed by atoms with van der Waals surface area (Å²) in [5, 5.41) is 2.83. The average Bonchev–Trinajstić information content (AvgIpc) is 2.39. The van der Waals surface area contributed by atoms with E-state index in [1.54, 1.807) is 36.4 Å². The maximum absolute atomic E-state index is 12.5. The first-order valence-corrected chi connectivity index (χ1v) is 6.53. The average molecular weight is 285 g/mol. The van der Waals surface area contributed by atoms with E-state index in [9.17, 15) is 17.4 Å². The number of alkyl halides is 3. The molecule has 0 amide bonds. The number of benzene rings is 2. The zero-order valence-electron chi connectivity index (χ0n) is 9.65. The highest BCUT2D eigenvalue weighted by molar-refractivity contribution is 7.86. The molecule has 2 aromatic carbocycles. The lowest BCUT2D eigenvalue weighted by molar-refractivity contribution is -0.0384. The molecule has 0 aliphatic rings. The third-order valence-electron chi connectivity index (χ3n) is 2.35. The Balaban J connectivity index is 2.35. The van der Waals surface area contributed by atoms with Crippen LogP contribution < -0.4 is 5.32 Å². The molecule has 0 aromatic heterocycles. The van der Waals surface area contributed by atoms with Gasteiger partial charge in [-0.1, -0.05) is 30.3 Å². The van der Waals surface area contributed by atoms with Crippen LogP contribution in [0.2, 0.25) is 0 Å². The number of rotatable bonds is 3. The topological polar surface area (TPSA) is 29.1 Å². The highest BCUT2D eigenvalue weighted by Crippen LogP contribution is 2.31. The smallest absolute Gasteiger partial charge is 0.355 e. The van der Waals surface area contributed by atoms with Crippen molar-refractivity contribution in [3.8, 4) is 0 Å². The van der Waals surface area contributed by atoms with Crippen LogP contribution >= 0.6 is 0 Å². The Morgan fingerprint density at radius 1 is 0.895 bits per heavy atom. The molecule has 1 atom stereocenters. The monoisotopic (exact) mass is 285 g/mol. The maximum atomic E-state index is 12.5. The van der Waals surface area contributed by atoms with E-state index in [0.717, 1.165) is 0 Å². The second-order valence-electron chi connectivity index (χ2n) is 3.70. The normalized spacial score (nSPS) is 13.0. The quantitative estimate of drug-likeness (QED) is 0.921. The van der Waals surface area contributed by atoms with Gasteiger partial charge in [0, 0.05) is 5.69 Å². The van der Waals surface area contributed by atoms with Gasteiger partial charge in [-0.3, -0.25) is 0 Å². The van der Waals surface area contributed by atoms with E-state index in [-0.39, 0.29) is 10.6 Å². The standard InChI is InChI=1S/C13H10F3NOS/c14-13(15,16)19(18)12-9-5-4-8-11(12)17-10-6-2-1-3-7-10/h1-9,17H. The van der Waals surface area contributed by atoms with Crippen LogP contribution in [0.5, 0.6) is 0 Å². The summed E-state index contributed by atoms with van der Waals surface area (Å²) in [6.45, 7) is 0. The summed E-state index contributed by atoms with van der Waals surface area (Å²) in [4.78, 5) is -0.279. The second kappa shape index (κ2) is 5.44. The molecule has 0 bridgehead atoms. The molecule has 1 N–H and O–H groups in total. The molecule has 0 aliphatic heterocycles. The molecule has 19 heavy (non-hydrogen) atoms. The van der Waals surface area contributed by atoms with Crippen LogP contribution in [0.15, 0.2) is 59.5 Å². The summed E-state index contributed by atoms with van der Waals surface area (Å²) >= 11 is 0. The van der Waals surface area contributed by atoms with E-state index in [4.69, 9.17) is 0 Å². The van der Waals surface area contributed by atoms with Crippen LogP contribution in [0, 0.1) is 0 Å². The molecule has 0 fully saturated rings. The van der Waals surface area contributed by atoms with Crippen LogP contribution in [0.1, 0.15) is 0 Å². The van der Waals surface area contributed by atoms with Gasteiger partial charge in [0.2, 0.25) is 0 Å². The number of halogens is 3. The van der Waals surface area contributed by atoms with Crippen molar-refractivity contribution in [2.75, 3.05) is 5.32 Å². The number of hydrogen-bond acceptors (Lipinski definition) is 2. The minimum atomic E-state index is -4.77.